The molecule has 0 atom stereocenters. The van der Waals surface area contributed by atoms with Gasteiger partial charge >= 0.3 is 0 Å². The Morgan fingerprint density at radius 2 is 1.75 bits per heavy atom. The minimum atomic E-state index is -0.00580. The van der Waals surface area contributed by atoms with Crippen LogP contribution in [0.25, 0.3) is 0 Å². The molecule has 0 N–H and O–H groups in total. The van der Waals surface area contributed by atoms with Gasteiger partial charge in [0.1, 0.15) is 17.4 Å². The number of ether oxygens (including phenoxy) is 1. The van der Waals surface area contributed by atoms with Crippen LogP contribution < -0.4 is 9.64 Å². The number of aryl methyl sites for hydroxylation is 2. The summed E-state index contributed by atoms with van der Waals surface area (Å²) in [5.74, 6) is 2.78. The van der Waals surface area contributed by atoms with Crippen LogP contribution >= 0.6 is 11.6 Å². The van der Waals surface area contributed by atoms with E-state index in [4.69, 9.17) is 21.3 Å². The molecule has 1 aromatic heterocycles. The number of nitrogens with zero attached hydrogens (tertiary/aromatic N) is 4. The number of benzene rings is 1. The summed E-state index contributed by atoms with van der Waals surface area (Å²) in [5, 5.41) is 0.644. The van der Waals surface area contributed by atoms with E-state index in [-0.39, 0.29) is 12.5 Å². The molecule has 28 heavy (non-hydrogen) atoms. The van der Waals surface area contributed by atoms with E-state index < -0.39 is 0 Å². The molecule has 6 nitrogen and oxygen atoms in total. The highest BCUT2D eigenvalue weighted by atomic mass is 35.5. The van der Waals surface area contributed by atoms with E-state index in [1.807, 2.05) is 18.7 Å². The number of rotatable bonds is 5. The molecule has 1 aliphatic rings. The third-order valence-corrected chi connectivity index (χ3v) is 5.17. The number of piperazine rings is 1. The topological polar surface area (TPSA) is 58.6 Å². The Hall–Kier alpha value is -2.34. The Labute approximate surface area is 171 Å². The molecule has 1 aliphatic heterocycles. The van der Waals surface area contributed by atoms with Gasteiger partial charge < -0.3 is 14.5 Å². The van der Waals surface area contributed by atoms with Gasteiger partial charge in [0, 0.05) is 42.5 Å². The predicted molar refractivity (Wildman–Crippen MR) is 111 cm³/mol. The minimum absolute atomic E-state index is 0.00580. The van der Waals surface area contributed by atoms with Crippen molar-refractivity contribution in [2.45, 2.75) is 33.6 Å². The number of amides is 1. The molecule has 0 saturated carbocycles. The molecular weight excluding hydrogens is 376 g/mol. The van der Waals surface area contributed by atoms with Crippen molar-refractivity contribution >= 4 is 23.3 Å². The third-order valence-electron chi connectivity index (χ3n) is 4.91. The summed E-state index contributed by atoms with van der Waals surface area (Å²) in [7, 11) is 0. The van der Waals surface area contributed by atoms with Crippen molar-refractivity contribution in [3.05, 3.63) is 46.4 Å². The summed E-state index contributed by atoms with van der Waals surface area (Å²) < 4.78 is 5.59. The Balaban J connectivity index is 1.60. The highest BCUT2D eigenvalue weighted by molar-refractivity contribution is 6.30. The number of carbonyl (C=O) groups is 1. The van der Waals surface area contributed by atoms with Gasteiger partial charge in [-0.2, -0.15) is 0 Å². The average molecular weight is 403 g/mol. The van der Waals surface area contributed by atoms with Crippen LogP contribution in [0.3, 0.4) is 0 Å². The third kappa shape index (κ3) is 4.73. The van der Waals surface area contributed by atoms with Gasteiger partial charge in [-0.15, -0.1) is 0 Å². The summed E-state index contributed by atoms with van der Waals surface area (Å²) in [6.07, 6.45) is 0. The van der Waals surface area contributed by atoms with Crippen LogP contribution in [-0.4, -0.2) is 53.6 Å². The molecule has 1 saturated heterocycles. The molecular formula is C21H27ClN4O2. The molecule has 3 rings (SSSR count). The number of carbonyl (C=O) groups excluding carboxylic acids is 1. The second kappa shape index (κ2) is 8.78. The van der Waals surface area contributed by atoms with E-state index in [0.717, 1.165) is 30.4 Å². The standard InChI is InChI=1S/C21H27ClN4O2/c1-14(2)20-15(3)23-16(4)24-21(20)26-11-9-25(10-12-26)19(27)13-28-18-7-5-17(22)6-8-18/h5-8,14H,9-13H2,1-4H3. The van der Waals surface area contributed by atoms with E-state index in [0.29, 0.717) is 29.8 Å². The fraction of sp³-hybridized carbons (Fsp3) is 0.476. The number of anilines is 1. The lowest BCUT2D eigenvalue weighted by atomic mass is 10.0. The molecule has 0 aliphatic carbocycles. The second-order valence-corrected chi connectivity index (χ2v) is 7.80. The summed E-state index contributed by atoms with van der Waals surface area (Å²) in [6.45, 7) is 11.1. The normalized spacial score (nSPS) is 14.5. The smallest absolute Gasteiger partial charge is 0.260 e. The van der Waals surface area contributed by atoms with Crippen LogP contribution in [0.4, 0.5) is 5.82 Å². The molecule has 2 heterocycles. The van der Waals surface area contributed by atoms with E-state index in [1.165, 1.54) is 5.56 Å². The molecule has 0 bridgehead atoms. The fourth-order valence-corrected chi connectivity index (χ4v) is 3.68. The molecule has 2 aromatic rings. The van der Waals surface area contributed by atoms with Crippen molar-refractivity contribution < 1.29 is 9.53 Å². The minimum Gasteiger partial charge on any atom is -0.484 e. The van der Waals surface area contributed by atoms with Crippen LogP contribution in [0.5, 0.6) is 5.75 Å². The zero-order chi connectivity index (χ0) is 20.3. The van der Waals surface area contributed by atoms with Gasteiger partial charge in [0.25, 0.3) is 5.91 Å². The van der Waals surface area contributed by atoms with Crippen LogP contribution in [0, 0.1) is 13.8 Å². The van der Waals surface area contributed by atoms with Crippen molar-refractivity contribution in [2.75, 3.05) is 37.7 Å². The van der Waals surface area contributed by atoms with E-state index >= 15 is 0 Å². The first-order valence-corrected chi connectivity index (χ1v) is 9.99. The molecule has 1 amide bonds. The lowest BCUT2D eigenvalue weighted by Gasteiger charge is -2.36. The van der Waals surface area contributed by atoms with Crippen LogP contribution in [0.15, 0.2) is 24.3 Å². The van der Waals surface area contributed by atoms with Gasteiger partial charge in [0.05, 0.1) is 0 Å². The molecule has 0 radical (unpaired) electrons. The molecule has 1 aromatic carbocycles. The van der Waals surface area contributed by atoms with E-state index in [2.05, 4.69) is 23.7 Å². The maximum Gasteiger partial charge on any atom is 0.260 e. The SMILES string of the molecule is Cc1nc(C)c(C(C)C)c(N2CCN(C(=O)COc3ccc(Cl)cc3)CC2)n1. The quantitative estimate of drug-likeness (QED) is 0.764. The van der Waals surface area contributed by atoms with Crippen molar-refractivity contribution in [1.29, 1.82) is 0 Å². The van der Waals surface area contributed by atoms with E-state index in [1.54, 1.807) is 24.3 Å². The van der Waals surface area contributed by atoms with Gasteiger partial charge in [-0.25, -0.2) is 9.97 Å². The Kier molecular flexibility index (Phi) is 6.39. The highest BCUT2D eigenvalue weighted by Gasteiger charge is 2.25. The second-order valence-electron chi connectivity index (χ2n) is 7.36. The van der Waals surface area contributed by atoms with Crippen LogP contribution in [-0.2, 0) is 4.79 Å². The van der Waals surface area contributed by atoms with Crippen molar-refractivity contribution in [3.8, 4) is 5.75 Å². The molecule has 150 valence electrons. The number of hydrogen-bond donors (Lipinski definition) is 0. The summed E-state index contributed by atoms with van der Waals surface area (Å²) in [5.41, 5.74) is 2.23. The van der Waals surface area contributed by atoms with Crippen molar-refractivity contribution in [1.82, 2.24) is 14.9 Å². The lowest BCUT2D eigenvalue weighted by Crippen LogP contribution is -2.50. The molecule has 0 unspecified atom stereocenters. The summed E-state index contributed by atoms with van der Waals surface area (Å²) in [6, 6.07) is 7.03. The first-order chi connectivity index (χ1) is 13.3. The van der Waals surface area contributed by atoms with Gasteiger partial charge in [-0.1, -0.05) is 25.4 Å². The van der Waals surface area contributed by atoms with E-state index in [9.17, 15) is 4.79 Å². The summed E-state index contributed by atoms with van der Waals surface area (Å²) in [4.78, 5) is 25.8. The predicted octanol–water partition coefficient (Wildman–Crippen LogP) is 3.60. The Morgan fingerprint density at radius 3 is 2.36 bits per heavy atom. The molecule has 7 heteroatoms. The van der Waals surface area contributed by atoms with Crippen molar-refractivity contribution in [3.63, 3.8) is 0 Å². The zero-order valence-electron chi connectivity index (χ0n) is 16.9. The van der Waals surface area contributed by atoms with Gasteiger partial charge in [0.15, 0.2) is 6.61 Å². The first-order valence-electron chi connectivity index (χ1n) is 9.61. The maximum absolute atomic E-state index is 12.5. The molecule has 0 spiro atoms. The highest BCUT2D eigenvalue weighted by Crippen LogP contribution is 2.29. The van der Waals surface area contributed by atoms with Gasteiger partial charge in [-0.3, -0.25) is 4.79 Å². The van der Waals surface area contributed by atoms with Crippen molar-refractivity contribution in [2.24, 2.45) is 0 Å². The van der Waals surface area contributed by atoms with Crippen LogP contribution in [0.1, 0.15) is 36.8 Å². The zero-order valence-corrected chi connectivity index (χ0v) is 17.7. The molecule has 1 fully saturated rings. The van der Waals surface area contributed by atoms with Gasteiger partial charge in [-0.05, 0) is 44.0 Å². The number of hydrogen-bond acceptors (Lipinski definition) is 5. The van der Waals surface area contributed by atoms with Gasteiger partial charge in [0.2, 0.25) is 0 Å². The lowest BCUT2D eigenvalue weighted by molar-refractivity contribution is -0.133. The first kappa shape index (κ1) is 20.4. The Morgan fingerprint density at radius 1 is 1.11 bits per heavy atom. The summed E-state index contributed by atoms with van der Waals surface area (Å²) >= 11 is 5.87. The largest absolute Gasteiger partial charge is 0.484 e. The number of halogens is 1. The number of aromatic nitrogens is 2. The fourth-order valence-electron chi connectivity index (χ4n) is 3.56. The maximum atomic E-state index is 12.5. The monoisotopic (exact) mass is 402 g/mol. The van der Waals surface area contributed by atoms with Crippen LogP contribution in [0.2, 0.25) is 5.02 Å². The Bertz CT molecular complexity index is 831. The average Bonchev–Trinajstić information content (AvgIpc) is 2.66.